The average molecular weight is 611 g/mol. The van der Waals surface area contributed by atoms with Crippen molar-refractivity contribution < 1.29 is 23.0 Å². The molecule has 3 aliphatic heterocycles. The van der Waals surface area contributed by atoms with E-state index in [1.54, 1.807) is 4.90 Å². The summed E-state index contributed by atoms with van der Waals surface area (Å²) >= 11 is 3.39. The summed E-state index contributed by atoms with van der Waals surface area (Å²) in [6, 6.07) is 1.94. The van der Waals surface area contributed by atoms with Gasteiger partial charge in [0.1, 0.15) is 29.2 Å². The van der Waals surface area contributed by atoms with Crippen LogP contribution < -0.4 is 9.64 Å². The van der Waals surface area contributed by atoms with Gasteiger partial charge < -0.3 is 24.2 Å². The Morgan fingerprint density at radius 3 is 2.51 bits per heavy atom. The molecule has 1 aromatic carbocycles. The number of carbonyl (C=O) groups is 1. The largest absolute Gasteiger partial charge is 0.457 e. The Hall–Kier alpha value is -2.27. The van der Waals surface area contributed by atoms with E-state index in [2.05, 4.69) is 25.8 Å². The van der Waals surface area contributed by atoms with Gasteiger partial charge in [-0.05, 0) is 74.6 Å². The summed E-state index contributed by atoms with van der Waals surface area (Å²) < 4.78 is 42.2. The molecule has 39 heavy (non-hydrogen) atoms. The van der Waals surface area contributed by atoms with Gasteiger partial charge in [0.25, 0.3) is 0 Å². The molecule has 1 aromatic heterocycles. The topological polar surface area (TPSA) is 71.0 Å². The number of ether oxygens (including phenoxy) is 2. The second kappa shape index (κ2) is 10.6. The van der Waals surface area contributed by atoms with Crippen LogP contribution in [0.1, 0.15) is 52.5 Å². The summed E-state index contributed by atoms with van der Waals surface area (Å²) in [6.45, 7) is 11.3. The number of rotatable bonds is 4. The van der Waals surface area contributed by atoms with Crippen LogP contribution in [0.3, 0.4) is 0 Å². The van der Waals surface area contributed by atoms with E-state index in [9.17, 15) is 9.18 Å². The highest BCUT2D eigenvalue weighted by atomic mass is 79.9. The van der Waals surface area contributed by atoms with Crippen LogP contribution in [0.4, 0.5) is 19.4 Å². The van der Waals surface area contributed by atoms with Crippen molar-refractivity contribution in [1.82, 2.24) is 19.8 Å². The molecule has 1 amide bonds. The number of alkyl halides is 1. The zero-order chi connectivity index (χ0) is 28.1. The Balaban J connectivity index is 1.38. The van der Waals surface area contributed by atoms with Gasteiger partial charge in [-0.15, -0.1) is 0 Å². The molecular formula is C28H38BrF2N5O3. The lowest BCUT2D eigenvalue weighted by atomic mass is 9.72. The predicted octanol–water partition coefficient (Wildman–Crippen LogP) is 5.35. The van der Waals surface area contributed by atoms with Crippen LogP contribution in [0, 0.1) is 11.2 Å². The smallest absolute Gasteiger partial charge is 0.410 e. The summed E-state index contributed by atoms with van der Waals surface area (Å²) in [4.78, 5) is 27.5. The molecule has 3 saturated heterocycles. The van der Waals surface area contributed by atoms with Crippen molar-refractivity contribution in [1.29, 1.82) is 0 Å². The van der Waals surface area contributed by atoms with Crippen molar-refractivity contribution in [2.45, 2.75) is 71.3 Å². The number of fused-ring (bicyclic) bond motifs is 1. The Morgan fingerprint density at radius 1 is 1.21 bits per heavy atom. The van der Waals surface area contributed by atoms with E-state index >= 15 is 4.39 Å². The van der Waals surface area contributed by atoms with Crippen molar-refractivity contribution >= 4 is 38.7 Å². The summed E-state index contributed by atoms with van der Waals surface area (Å²) in [5.41, 5.74) is 0.531. The van der Waals surface area contributed by atoms with E-state index in [1.165, 1.54) is 0 Å². The van der Waals surface area contributed by atoms with Gasteiger partial charge in [0.05, 0.1) is 4.47 Å². The number of aryl methyl sites for hydroxylation is 1. The molecule has 0 bridgehead atoms. The van der Waals surface area contributed by atoms with Crippen LogP contribution in [0.15, 0.2) is 10.5 Å². The maximum absolute atomic E-state index is 15.6. The Bertz CT molecular complexity index is 1240. The standard InChI is InChI=1S/C28H38BrF2N5O3/c1-6-17-13-18-23(22(31)21(17)29)32-25(38-20-7-10-34(5)14-19(20)30)33-24(18)35-11-8-28(9-12-35)15-36(16-28)26(37)39-27(2,3)4/h13,19-20H,6-12,14-16H2,1-5H3. The van der Waals surface area contributed by atoms with Gasteiger partial charge >= 0.3 is 12.1 Å². The van der Waals surface area contributed by atoms with Crippen LogP contribution in [-0.2, 0) is 11.2 Å². The summed E-state index contributed by atoms with van der Waals surface area (Å²) in [5.74, 6) is 0.149. The maximum Gasteiger partial charge on any atom is 0.410 e. The van der Waals surface area contributed by atoms with Crippen molar-refractivity contribution in [2.24, 2.45) is 5.41 Å². The van der Waals surface area contributed by atoms with Gasteiger partial charge in [-0.2, -0.15) is 9.97 Å². The number of piperidine rings is 2. The molecule has 11 heteroatoms. The molecule has 214 valence electrons. The van der Waals surface area contributed by atoms with Gasteiger partial charge in [0.2, 0.25) is 0 Å². The molecule has 0 aliphatic carbocycles. The number of amides is 1. The fourth-order valence-corrected chi connectivity index (χ4v) is 6.39. The van der Waals surface area contributed by atoms with Crippen LogP contribution in [0.25, 0.3) is 10.9 Å². The van der Waals surface area contributed by atoms with Gasteiger partial charge in [0.15, 0.2) is 5.82 Å². The first kappa shape index (κ1) is 28.3. The number of aromatic nitrogens is 2. The van der Waals surface area contributed by atoms with Gasteiger partial charge in [-0.25, -0.2) is 13.6 Å². The fraction of sp³-hybridized carbons (Fsp3) is 0.679. The van der Waals surface area contributed by atoms with E-state index in [4.69, 9.17) is 14.5 Å². The third kappa shape index (κ3) is 5.80. The maximum atomic E-state index is 15.6. The van der Waals surface area contributed by atoms with Gasteiger partial charge in [-0.1, -0.05) is 6.92 Å². The zero-order valence-corrected chi connectivity index (χ0v) is 25.0. The van der Waals surface area contributed by atoms with Crippen LogP contribution in [-0.4, -0.2) is 90.1 Å². The van der Waals surface area contributed by atoms with Crippen LogP contribution in [0.5, 0.6) is 6.01 Å². The first-order valence-corrected chi connectivity index (χ1v) is 14.6. The van der Waals surface area contributed by atoms with Crippen LogP contribution >= 0.6 is 15.9 Å². The molecule has 0 radical (unpaired) electrons. The third-order valence-electron chi connectivity index (χ3n) is 8.06. The van der Waals surface area contributed by atoms with E-state index in [0.29, 0.717) is 61.2 Å². The van der Waals surface area contributed by atoms with Crippen LogP contribution in [0.2, 0.25) is 0 Å². The third-order valence-corrected chi connectivity index (χ3v) is 8.91. The second-order valence-electron chi connectivity index (χ2n) is 12.3. The average Bonchev–Trinajstić information content (AvgIpc) is 2.85. The Labute approximate surface area is 237 Å². The van der Waals surface area contributed by atoms with Gasteiger partial charge in [-0.3, -0.25) is 0 Å². The molecule has 0 saturated carbocycles. The SMILES string of the molecule is CCc1cc2c(N3CCC4(CC3)CN(C(=O)OC(C)(C)C)C4)nc(OC3CCN(C)CC3F)nc2c(F)c1Br. The molecule has 0 N–H and O–H groups in total. The molecule has 2 aromatic rings. The lowest BCUT2D eigenvalue weighted by Gasteiger charge is -2.53. The molecule has 3 aliphatic rings. The van der Waals surface area contributed by atoms with Crippen molar-refractivity contribution in [3.63, 3.8) is 0 Å². The van der Waals surface area contributed by atoms with E-state index in [1.807, 2.05) is 45.7 Å². The van der Waals surface area contributed by atoms with E-state index < -0.39 is 23.7 Å². The minimum Gasteiger partial charge on any atom is -0.457 e. The fourth-order valence-electron chi connectivity index (χ4n) is 5.80. The first-order valence-electron chi connectivity index (χ1n) is 13.8. The zero-order valence-electron chi connectivity index (χ0n) is 23.4. The first-order chi connectivity index (χ1) is 18.4. The normalized spacial score (nSPS) is 23.7. The number of nitrogens with zero attached hydrogens (tertiary/aromatic N) is 5. The molecule has 2 atom stereocenters. The highest BCUT2D eigenvalue weighted by Crippen LogP contribution is 2.43. The summed E-state index contributed by atoms with van der Waals surface area (Å²) in [6.07, 6.45) is 0.777. The second-order valence-corrected chi connectivity index (χ2v) is 13.1. The highest BCUT2D eigenvalue weighted by molar-refractivity contribution is 9.10. The van der Waals surface area contributed by atoms with E-state index in [-0.39, 0.29) is 29.6 Å². The number of anilines is 1. The Kier molecular flexibility index (Phi) is 7.69. The molecule has 3 fully saturated rings. The molecule has 1 spiro atoms. The molecule has 5 rings (SSSR count). The van der Waals surface area contributed by atoms with Crippen molar-refractivity contribution in [3.8, 4) is 6.01 Å². The minimum atomic E-state index is -1.17. The van der Waals surface area contributed by atoms with Gasteiger partial charge in [0, 0.05) is 56.5 Å². The lowest BCUT2D eigenvalue weighted by molar-refractivity contribution is -0.0434. The van der Waals surface area contributed by atoms with Crippen molar-refractivity contribution in [3.05, 3.63) is 21.9 Å². The highest BCUT2D eigenvalue weighted by Gasteiger charge is 2.48. The number of hydrogen-bond acceptors (Lipinski definition) is 7. The number of likely N-dealkylation sites (tertiary alicyclic amines) is 2. The summed E-state index contributed by atoms with van der Waals surface area (Å²) in [7, 11) is 1.88. The summed E-state index contributed by atoms with van der Waals surface area (Å²) in [5, 5.41) is 0.625. The quantitative estimate of drug-likeness (QED) is 0.462. The number of benzene rings is 1. The molecule has 2 unspecified atom stereocenters. The molecular weight excluding hydrogens is 572 g/mol. The number of hydrogen-bond donors (Lipinski definition) is 0. The van der Waals surface area contributed by atoms with E-state index in [0.717, 1.165) is 18.4 Å². The molecule has 8 nitrogen and oxygen atoms in total. The Morgan fingerprint density at radius 2 is 1.90 bits per heavy atom. The number of halogens is 3. The molecule has 4 heterocycles. The predicted molar refractivity (Wildman–Crippen MR) is 150 cm³/mol. The monoisotopic (exact) mass is 609 g/mol. The minimum absolute atomic E-state index is 0.00443. The lowest BCUT2D eigenvalue weighted by Crippen LogP contribution is -2.62. The van der Waals surface area contributed by atoms with Crippen molar-refractivity contribution in [2.75, 3.05) is 51.2 Å². The number of carbonyl (C=O) groups excluding carboxylic acids is 1.